The fraction of sp³-hybridized carbons (Fsp3) is 0.286. The monoisotopic (exact) mass is 357 g/mol. The van der Waals surface area contributed by atoms with Crippen molar-refractivity contribution in [2.75, 3.05) is 26.9 Å². The number of aliphatic carboxylic acids is 1. The summed E-state index contributed by atoms with van der Waals surface area (Å²) in [6.45, 7) is -0.0155. The molecule has 10 heteroatoms. The molecule has 9 nitrogen and oxygen atoms in total. The number of halogens is 1. The molecule has 0 spiro atoms. The molecular weight excluding hydrogens is 342 g/mol. The topological polar surface area (TPSA) is 126 Å². The molecule has 1 aromatic carbocycles. The Bertz CT molecular complexity index is 635. The van der Waals surface area contributed by atoms with Crippen LogP contribution in [0.1, 0.15) is 5.56 Å². The van der Waals surface area contributed by atoms with E-state index in [-0.39, 0.29) is 23.9 Å². The summed E-state index contributed by atoms with van der Waals surface area (Å²) >= 11 is 5.93. The van der Waals surface area contributed by atoms with Crippen LogP contribution in [0.15, 0.2) is 23.3 Å². The van der Waals surface area contributed by atoms with Gasteiger partial charge in [0.2, 0.25) is 0 Å². The van der Waals surface area contributed by atoms with Crippen molar-refractivity contribution in [3.63, 3.8) is 0 Å². The number of carboxylic acid groups (broad SMARTS) is 1. The van der Waals surface area contributed by atoms with Gasteiger partial charge in [0, 0.05) is 13.7 Å². The van der Waals surface area contributed by atoms with Crippen molar-refractivity contribution in [3.8, 4) is 5.75 Å². The standard InChI is InChI=1S/C14H16ClN3O6/c1-23-5-4-16-13(21)14(22)18-17-7-9-2-3-11(10(15)6-9)24-8-12(19)20/h2-3,6-7H,4-5,8H2,1H3,(H,16,21)(H,18,22)(H,19,20)/b17-7-. The molecule has 0 saturated heterocycles. The third kappa shape index (κ3) is 7.07. The quantitative estimate of drug-likeness (QED) is 0.260. The first-order valence-corrected chi connectivity index (χ1v) is 7.06. The summed E-state index contributed by atoms with van der Waals surface area (Å²) in [5, 5.41) is 14.7. The van der Waals surface area contributed by atoms with Crippen LogP contribution in [0.3, 0.4) is 0 Å². The predicted octanol–water partition coefficient (Wildman–Crippen LogP) is 0.0161. The van der Waals surface area contributed by atoms with E-state index in [0.717, 1.165) is 0 Å². The molecule has 0 aromatic heterocycles. The van der Waals surface area contributed by atoms with Crippen molar-refractivity contribution < 1.29 is 29.0 Å². The van der Waals surface area contributed by atoms with Gasteiger partial charge in [-0.25, -0.2) is 10.2 Å². The van der Waals surface area contributed by atoms with Crippen LogP contribution in [-0.2, 0) is 19.1 Å². The smallest absolute Gasteiger partial charge is 0.341 e. The summed E-state index contributed by atoms with van der Waals surface area (Å²) < 4.78 is 9.70. The molecule has 0 fully saturated rings. The number of hydrazone groups is 1. The molecule has 0 aliphatic rings. The maximum atomic E-state index is 11.4. The highest BCUT2D eigenvalue weighted by Gasteiger charge is 2.11. The molecule has 0 unspecified atom stereocenters. The lowest BCUT2D eigenvalue weighted by Gasteiger charge is -2.06. The van der Waals surface area contributed by atoms with Crippen LogP contribution in [0, 0.1) is 0 Å². The Labute approximate surface area is 142 Å². The van der Waals surface area contributed by atoms with Gasteiger partial charge < -0.3 is 19.9 Å². The summed E-state index contributed by atoms with van der Waals surface area (Å²) in [5.74, 6) is -2.67. The minimum atomic E-state index is -1.12. The molecule has 0 bridgehead atoms. The Hall–Kier alpha value is -2.65. The molecule has 1 rings (SSSR count). The van der Waals surface area contributed by atoms with Crippen LogP contribution in [0.4, 0.5) is 0 Å². The zero-order valence-electron chi connectivity index (χ0n) is 12.7. The van der Waals surface area contributed by atoms with Crippen LogP contribution in [-0.4, -0.2) is 56.0 Å². The molecule has 24 heavy (non-hydrogen) atoms. The van der Waals surface area contributed by atoms with E-state index >= 15 is 0 Å². The number of methoxy groups -OCH3 is 1. The molecule has 0 atom stereocenters. The third-order valence-electron chi connectivity index (χ3n) is 2.48. The highest BCUT2D eigenvalue weighted by atomic mass is 35.5. The second-order valence-electron chi connectivity index (χ2n) is 4.32. The first-order chi connectivity index (χ1) is 11.4. The number of carboxylic acids is 1. The van der Waals surface area contributed by atoms with Crippen LogP contribution in [0.2, 0.25) is 5.02 Å². The van der Waals surface area contributed by atoms with Crippen molar-refractivity contribution >= 4 is 35.6 Å². The number of ether oxygens (including phenoxy) is 2. The minimum Gasteiger partial charge on any atom is -0.480 e. The minimum absolute atomic E-state index is 0.184. The van der Waals surface area contributed by atoms with E-state index < -0.39 is 24.4 Å². The first kappa shape index (κ1) is 19.4. The number of amides is 2. The van der Waals surface area contributed by atoms with Gasteiger partial charge in [-0.15, -0.1) is 0 Å². The van der Waals surface area contributed by atoms with Gasteiger partial charge in [0.25, 0.3) is 0 Å². The van der Waals surface area contributed by atoms with Crippen LogP contribution < -0.4 is 15.5 Å². The number of benzene rings is 1. The molecule has 0 aliphatic carbocycles. The van der Waals surface area contributed by atoms with Gasteiger partial charge in [-0.3, -0.25) is 9.59 Å². The number of hydrogen-bond acceptors (Lipinski definition) is 6. The zero-order valence-corrected chi connectivity index (χ0v) is 13.5. The first-order valence-electron chi connectivity index (χ1n) is 6.68. The van der Waals surface area contributed by atoms with Gasteiger partial charge in [0.1, 0.15) is 5.75 Å². The average Bonchev–Trinajstić information content (AvgIpc) is 2.53. The Morgan fingerprint density at radius 2 is 2.08 bits per heavy atom. The van der Waals surface area contributed by atoms with Crippen molar-refractivity contribution in [3.05, 3.63) is 28.8 Å². The van der Waals surface area contributed by atoms with Crippen molar-refractivity contribution in [1.29, 1.82) is 0 Å². The van der Waals surface area contributed by atoms with Crippen LogP contribution in [0.5, 0.6) is 5.75 Å². The van der Waals surface area contributed by atoms with Crippen LogP contribution >= 0.6 is 11.6 Å². The fourth-order valence-electron chi connectivity index (χ4n) is 1.42. The number of rotatable bonds is 8. The summed E-state index contributed by atoms with van der Waals surface area (Å²) in [4.78, 5) is 33.2. The zero-order chi connectivity index (χ0) is 17.9. The summed E-state index contributed by atoms with van der Waals surface area (Å²) in [5.41, 5.74) is 2.57. The Balaban J connectivity index is 2.52. The van der Waals surface area contributed by atoms with E-state index in [0.29, 0.717) is 5.56 Å². The van der Waals surface area contributed by atoms with E-state index in [4.69, 9.17) is 26.2 Å². The normalized spacial score (nSPS) is 10.4. The van der Waals surface area contributed by atoms with Gasteiger partial charge >= 0.3 is 17.8 Å². The molecule has 2 amide bonds. The highest BCUT2D eigenvalue weighted by molar-refractivity contribution is 6.35. The van der Waals surface area contributed by atoms with Gasteiger partial charge in [-0.05, 0) is 23.8 Å². The van der Waals surface area contributed by atoms with Gasteiger partial charge in [0.05, 0.1) is 17.8 Å². The molecule has 0 saturated carbocycles. The maximum absolute atomic E-state index is 11.4. The van der Waals surface area contributed by atoms with Crippen molar-refractivity contribution in [2.24, 2.45) is 5.10 Å². The molecule has 130 valence electrons. The summed E-state index contributed by atoms with van der Waals surface area (Å²) in [7, 11) is 1.47. The molecule has 1 aromatic rings. The fourth-order valence-corrected chi connectivity index (χ4v) is 1.66. The lowest BCUT2D eigenvalue weighted by atomic mass is 10.2. The Morgan fingerprint density at radius 3 is 2.71 bits per heavy atom. The SMILES string of the molecule is COCCNC(=O)C(=O)N/N=C\c1ccc(OCC(=O)O)c(Cl)c1. The predicted molar refractivity (Wildman–Crippen MR) is 85.2 cm³/mol. The van der Waals surface area contributed by atoms with Crippen molar-refractivity contribution in [2.45, 2.75) is 0 Å². The van der Waals surface area contributed by atoms with E-state index in [1.54, 1.807) is 6.07 Å². The van der Waals surface area contributed by atoms with E-state index in [1.165, 1.54) is 25.5 Å². The number of nitrogens with one attached hydrogen (secondary N) is 2. The maximum Gasteiger partial charge on any atom is 0.341 e. The summed E-state index contributed by atoms with van der Waals surface area (Å²) in [6, 6.07) is 4.48. The van der Waals surface area contributed by atoms with Gasteiger partial charge in [0.15, 0.2) is 6.61 Å². The lowest BCUT2D eigenvalue weighted by Crippen LogP contribution is -2.39. The van der Waals surface area contributed by atoms with E-state index in [1.807, 2.05) is 0 Å². The second kappa shape index (κ2) is 10.2. The van der Waals surface area contributed by atoms with E-state index in [2.05, 4.69) is 15.8 Å². The number of hydrogen-bond donors (Lipinski definition) is 3. The van der Waals surface area contributed by atoms with Crippen molar-refractivity contribution in [1.82, 2.24) is 10.7 Å². The van der Waals surface area contributed by atoms with Gasteiger partial charge in [-0.1, -0.05) is 11.6 Å². The van der Waals surface area contributed by atoms with Crippen LogP contribution in [0.25, 0.3) is 0 Å². The summed E-state index contributed by atoms with van der Waals surface area (Å²) in [6.07, 6.45) is 1.27. The number of carbonyl (C=O) groups is 3. The van der Waals surface area contributed by atoms with E-state index in [9.17, 15) is 14.4 Å². The lowest BCUT2D eigenvalue weighted by molar-refractivity contribution is -0.139. The molecule has 3 N–H and O–H groups in total. The third-order valence-corrected chi connectivity index (χ3v) is 2.78. The Morgan fingerprint density at radius 1 is 1.33 bits per heavy atom. The number of carbonyl (C=O) groups excluding carboxylic acids is 2. The molecule has 0 heterocycles. The highest BCUT2D eigenvalue weighted by Crippen LogP contribution is 2.24. The average molecular weight is 358 g/mol. The Kier molecular flexibility index (Phi) is 8.23. The second-order valence-corrected chi connectivity index (χ2v) is 4.73. The molecule has 0 radical (unpaired) electrons. The van der Waals surface area contributed by atoms with Gasteiger partial charge in [-0.2, -0.15) is 5.10 Å². The largest absolute Gasteiger partial charge is 0.480 e. The molecule has 0 aliphatic heterocycles. The number of nitrogens with zero attached hydrogens (tertiary/aromatic N) is 1. The molecular formula is C14H16ClN3O6.